The van der Waals surface area contributed by atoms with Gasteiger partial charge in [-0.3, -0.25) is 0 Å². The van der Waals surface area contributed by atoms with E-state index in [0.29, 0.717) is 17.1 Å². The molecular formula is C14H10N2O2. The molecular weight excluding hydrogens is 228 g/mol. The summed E-state index contributed by atoms with van der Waals surface area (Å²) in [5.41, 5.74) is 0.460. The van der Waals surface area contributed by atoms with Crippen LogP contribution in [0.1, 0.15) is 5.56 Å². The lowest BCUT2D eigenvalue weighted by Gasteiger charge is -2.06. The minimum absolute atomic E-state index is 0.0477. The Hall–Kier alpha value is -2.80. The Bertz CT molecular complexity index is 601. The number of ether oxygens (including phenoxy) is 1. The van der Waals surface area contributed by atoms with Crippen molar-refractivity contribution in [2.75, 3.05) is 0 Å². The highest BCUT2D eigenvalue weighted by molar-refractivity contribution is 6.11. The highest BCUT2D eigenvalue weighted by Crippen LogP contribution is 2.21. The maximum Gasteiger partial charge on any atom is 0.186 e. The van der Waals surface area contributed by atoms with Crippen LogP contribution in [-0.4, -0.2) is 10.9 Å². The van der Waals surface area contributed by atoms with Gasteiger partial charge in [-0.25, -0.2) is 0 Å². The third-order valence-electron chi connectivity index (χ3n) is 2.29. The molecule has 0 fully saturated rings. The van der Waals surface area contributed by atoms with Crippen molar-refractivity contribution in [3.05, 3.63) is 60.2 Å². The van der Waals surface area contributed by atoms with Crippen molar-refractivity contribution in [3.63, 3.8) is 0 Å². The molecule has 2 rings (SSSR count). The Morgan fingerprint density at radius 1 is 1.06 bits per heavy atom. The van der Waals surface area contributed by atoms with Gasteiger partial charge in [-0.1, -0.05) is 35.5 Å². The molecule has 0 aliphatic rings. The van der Waals surface area contributed by atoms with Gasteiger partial charge in [0.2, 0.25) is 0 Å². The Morgan fingerprint density at radius 2 is 1.78 bits per heavy atom. The maximum absolute atomic E-state index is 8.78. The van der Waals surface area contributed by atoms with E-state index < -0.39 is 0 Å². The number of hydrogen-bond donors (Lipinski definition) is 1. The second kappa shape index (κ2) is 5.51. The molecule has 0 aliphatic heterocycles. The van der Waals surface area contributed by atoms with Crippen LogP contribution in [0, 0.1) is 11.3 Å². The quantitative estimate of drug-likeness (QED) is 0.507. The molecule has 0 spiro atoms. The lowest BCUT2D eigenvalue weighted by Crippen LogP contribution is -1.97. The highest BCUT2D eigenvalue weighted by atomic mass is 16.5. The zero-order valence-corrected chi connectivity index (χ0v) is 9.45. The summed E-state index contributed by atoms with van der Waals surface area (Å²) in [5, 5.41) is 20.4. The average molecular weight is 238 g/mol. The van der Waals surface area contributed by atoms with Crippen molar-refractivity contribution in [2.24, 2.45) is 5.16 Å². The summed E-state index contributed by atoms with van der Waals surface area (Å²) < 4.78 is 5.61. The van der Waals surface area contributed by atoms with Gasteiger partial charge in [-0.15, -0.1) is 0 Å². The van der Waals surface area contributed by atoms with Crippen LogP contribution < -0.4 is 4.74 Å². The number of oxime groups is 1. The summed E-state index contributed by atoms with van der Waals surface area (Å²) in [7, 11) is 0. The first-order chi connectivity index (χ1) is 8.83. The van der Waals surface area contributed by atoms with Crippen molar-refractivity contribution in [2.45, 2.75) is 0 Å². The predicted molar refractivity (Wildman–Crippen MR) is 66.9 cm³/mol. The van der Waals surface area contributed by atoms with Gasteiger partial charge in [0.15, 0.2) is 5.71 Å². The van der Waals surface area contributed by atoms with Gasteiger partial charge in [-0.05, 0) is 24.3 Å². The molecule has 88 valence electrons. The molecule has 0 saturated carbocycles. The van der Waals surface area contributed by atoms with Crippen molar-refractivity contribution in [3.8, 4) is 17.6 Å². The minimum atomic E-state index is -0.0477. The first-order valence-corrected chi connectivity index (χ1v) is 5.29. The lowest BCUT2D eigenvalue weighted by atomic mass is 10.1. The molecule has 0 amide bonds. The number of nitrogens with zero attached hydrogens (tertiary/aromatic N) is 2. The first-order valence-electron chi connectivity index (χ1n) is 5.29. The average Bonchev–Trinajstić information content (AvgIpc) is 2.42. The van der Waals surface area contributed by atoms with Crippen molar-refractivity contribution < 1.29 is 9.94 Å². The number of para-hydroxylation sites is 1. The van der Waals surface area contributed by atoms with Crippen LogP contribution in [0.2, 0.25) is 0 Å². The van der Waals surface area contributed by atoms with E-state index in [4.69, 9.17) is 15.2 Å². The molecule has 0 unspecified atom stereocenters. The van der Waals surface area contributed by atoms with Gasteiger partial charge in [0.25, 0.3) is 0 Å². The fourth-order valence-electron chi connectivity index (χ4n) is 1.48. The number of nitriles is 1. The van der Waals surface area contributed by atoms with Gasteiger partial charge in [0.05, 0.1) is 0 Å². The second-order valence-electron chi connectivity index (χ2n) is 3.50. The monoisotopic (exact) mass is 238 g/mol. The SMILES string of the molecule is N#C/C(=N/O)c1cccc(Oc2ccccc2)c1. The molecule has 4 nitrogen and oxygen atoms in total. The Kier molecular flexibility index (Phi) is 3.57. The molecule has 1 N–H and O–H groups in total. The summed E-state index contributed by atoms with van der Waals surface area (Å²) in [6.07, 6.45) is 0. The molecule has 0 saturated heterocycles. The third kappa shape index (κ3) is 2.66. The molecule has 4 heteroatoms. The molecule has 0 heterocycles. The molecule has 0 aliphatic carbocycles. The third-order valence-corrected chi connectivity index (χ3v) is 2.29. The van der Waals surface area contributed by atoms with Crippen molar-refractivity contribution in [1.29, 1.82) is 5.26 Å². The van der Waals surface area contributed by atoms with E-state index in [0.717, 1.165) is 0 Å². The zero-order chi connectivity index (χ0) is 12.8. The van der Waals surface area contributed by atoms with E-state index in [1.807, 2.05) is 30.3 Å². The van der Waals surface area contributed by atoms with Crippen LogP contribution in [-0.2, 0) is 0 Å². The molecule has 2 aromatic carbocycles. The molecule has 0 bridgehead atoms. The first kappa shape index (κ1) is 11.7. The van der Waals surface area contributed by atoms with Crippen molar-refractivity contribution in [1.82, 2.24) is 0 Å². The van der Waals surface area contributed by atoms with Crippen LogP contribution in [0.15, 0.2) is 59.8 Å². The summed E-state index contributed by atoms with van der Waals surface area (Å²) >= 11 is 0. The van der Waals surface area contributed by atoms with Gasteiger partial charge < -0.3 is 9.94 Å². The summed E-state index contributed by atoms with van der Waals surface area (Å²) in [6, 6.07) is 17.9. The van der Waals surface area contributed by atoms with E-state index in [-0.39, 0.29) is 5.71 Å². The van der Waals surface area contributed by atoms with Crippen LogP contribution in [0.4, 0.5) is 0 Å². The largest absolute Gasteiger partial charge is 0.457 e. The zero-order valence-electron chi connectivity index (χ0n) is 9.45. The van der Waals surface area contributed by atoms with Crippen molar-refractivity contribution >= 4 is 5.71 Å². The van der Waals surface area contributed by atoms with Gasteiger partial charge in [-0.2, -0.15) is 5.26 Å². The van der Waals surface area contributed by atoms with Crippen LogP contribution >= 0.6 is 0 Å². The Labute approximate surface area is 104 Å². The number of hydrogen-bond acceptors (Lipinski definition) is 4. The minimum Gasteiger partial charge on any atom is -0.457 e. The normalized spacial score (nSPS) is 10.7. The molecule has 0 aromatic heterocycles. The molecule has 0 atom stereocenters. The Morgan fingerprint density at radius 3 is 2.44 bits per heavy atom. The fraction of sp³-hybridized carbons (Fsp3) is 0. The summed E-state index contributed by atoms with van der Waals surface area (Å²) in [6.45, 7) is 0. The highest BCUT2D eigenvalue weighted by Gasteiger charge is 2.05. The van der Waals surface area contributed by atoms with Gasteiger partial charge >= 0.3 is 0 Å². The van der Waals surface area contributed by atoms with E-state index in [1.165, 1.54) is 0 Å². The molecule has 18 heavy (non-hydrogen) atoms. The number of benzene rings is 2. The van der Waals surface area contributed by atoms with Gasteiger partial charge in [0.1, 0.15) is 17.6 Å². The lowest BCUT2D eigenvalue weighted by molar-refractivity contribution is 0.320. The summed E-state index contributed by atoms with van der Waals surface area (Å²) in [4.78, 5) is 0. The number of rotatable bonds is 3. The fourth-order valence-corrected chi connectivity index (χ4v) is 1.48. The second-order valence-corrected chi connectivity index (χ2v) is 3.50. The molecule has 0 radical (unpaired) electrons. The van der Waals surface area contributed by atoms with E-state index in [1.54, 1.807) is 30.3 Å². The summed E-state index contributed by atoms with van der Waals surface area (Å²) in [5.74, 6) is 1.28. The Balaban J connectivity index is 2.26. The topological polar surface area (TPSA) is 65.6 Å². The van der Waals surface area contributed by atoms with Crippen LogP contribution in [0.5, 0.6) is 11.5 Å². The van der Waals surface area contributed by atoms with Gasteiger partial charge in [0, 0.05) is 5.56 Å². The maximum atomic E-state index is 8.78. The van der Waals surface area contributed by atoms with Crippen LogP contribution in [0.25, 0.3) is 0 Å². The molecule has 2 aromatic rings. The predicted octanol–water partition coefficient (Wildman–Crippen LogP) is 3.18. The van der Waals surface area contributed by atoms with E-state index in [9.17, 15) is 0 Å². The standard InChI is InChI=1S/C14H10N2O2/c15-10-14(16-17)11-5-4-8-13(9-11)18-12-6-2-1-3-7-12/h1-9,17H/b16-14-. The van der Waals surface area contributed by atoms with Crippen LogP contribution in [0.3, 0.4) is 0 Å². The smallest absolute Gasteiger partial charge is 0.186 e. The van der Waals surface area contributed by atoms with E-state index in [2.05, 4.69) is 5.16 Å². The van der Waals surface area contributed by atoms with E-state index >= 15 is 0 Å².